The summed E-state index contributed by atoms with van der Waals surface area (Å²) in [5.74, 6) is 1.17. The molecule has 7 heteroatoms. The molecular weight excluding hydrogens is 362 g/mol. The molecule has 1 aromatic carbocycles. The Morgan fingerprint density at radius 3 is 2.96 bits per heavy atom. The number of carbonyl (C=O) groups is 1. The van der Waals surface area contributed by atoms with Crippen molar-refractivity contribution in [2.24, 2.45) is 5.92 Å². The molecule has 0 spiro atoms. The van der Waals surface area contributed by atoms with Crippen LogP contribution in [0, 0.1) is 10.7 Å². The summed E-state index contributed by atoms with van der Waals surface area (Å²) in [4.78, 5) is 30.6. The van der Waals surface area contributed by atoms with Crippen molar-refractivity contribution in [3.05, 3.63) is 63.0 Å². The molecule has 0 unspecified atom stereocenters. The van der Waals surface area contributed by atoms with Gasteiger partial charge in [0.1, 0.15) is 5.76 Å². The summed E-state index contributed by atoms with van der Waals surface area (Å²) in [6, 6.07) is 8.72. The number of carbonyl (C=O) groups excluding carboxylic acids is 1. The molecule has 1 aliphatic heterocycles. The van der Waals surface area contributed by atoms with E-state index in [9.17, 15) is 9.59 Å². The summed E-state index contributed by atoms with van der Waals surface area (Å²) in [5, 5.41) is 0.499. The number of aromatic nitrogens is 2. The number of hydrogen-bond donors (Lipinski definition) is 1. The first kappa shape index (κ1) is 17.7. The van der Waals surface area contributed by atoms with Crippen molar-refractivity contribution >= 4 is 29.0 Å². The molecule has 1 atom stereocenters. The quantitative estimate of drug-likeness (QED) is 0.702. The Labute approximate surface area is 161 Å². The van der Waals surface area contributed by atoms with Crippen LogP contribution in [-0.4, -0.2) is 33.4 Å². The molecule has 1 saturated heterocycles. The van der Waals surface area contributed by atoms with Gasteiger partial charge in [-0.15, -0.1) is 0 Å². The molecule has 3 aromatic rings. The van der Waals surface area contributed by atoms with E-state index >= 15 is 0 Å². The van der Waals surface area contributed by atoms with Crippen molar-refractivity contribution < 1.29 is 9.21 Å². The fourth-order valence-corrected chi connectivity index (χ4v) is 3.90. The van der Waals surface area contributed by atoms with Crippen molar-refractivity contribution in [2.75, 3.05) is 13.1 Å². The van der Waals surface area contributed by atoms with E-state index in [-0.39, 0.29) is 18.0 Å². The van der Waals surface area contributed by atoms with Crippen LogP contribution in [-0.2, 0) is 6.54 Å². The molecule has 0 bridgehead atoms. The summed E-state index contributed by atoms with van der Waals surface area (Å²) in [6.45, 7) is 3.99. The molecule has 1 fully saturated rings. The highest BCUT2D eigenvalue weighted by atomic mass is 32.1. The zero-order valence-corrected chi connectivity index (χ0v) is 15.9. The third-order valence-electron chi connectivity index (χ3n) is 5.07. The van der Waals surface area contributed by atoms with Gasteiger partial charge in [0.05, 0.1) is 23.7 Å². The van der Waals surface area contributed by atoms with Crippen LogP contribution >= 0.6 is 12.2 Å². The van der Waals surface area contributed by atoms with Crippen LogP contribution in [0.1, 0.15) is 35.9 Å². The maximum atomic E-state index is 12.8. The number of nitrogens with one attached hydrogen (secondary N) is 1. The summed E-state index contributed by atoms with van der Waals surface area (Å²) < 4.78 is 7.08. The van der Waals surface area contributed by atoms with E-state index in [1.54, 1.807) is 36.6 Å². The third-order valence-corrected chi connectivity index (χ3v) is 5.39. The third kappa shape index (κ3) is 3.47. The number of nitrogens with zero attached hydrogens (tertiary/aromatic N) is 2. The average molecular weight is 383 g/mol. The molecule has 3 heterocycles. The highest BCUT2D eigenvalue weighted by molar-refractivity contribution is 7.71. The summed E-state index contributed by atoms with van der Waals surface area (Å²) in [5.41, 5.74) is 0.956. The van der Waals surface area contributed by atoms with Crippen molar-refractivity contribution in [3.8, 4) is 0 Å². The first-order valence-electron chi connectivity index (χ1n) is 9.11. The molecule has 0 radical (unpaired) electrons. The van der Waals surface area contributed by atoms with Crippen LogP contribution in [0.4, 0.5) is 0 Å². The first-order valence-corrected chi connectivity index (χ1v) is 9.52. The van der Waals surface area contributed by atoms with Crippen LogP contribution in [0.2, 0.25) is 0 Å². The Morgan fingerprint density at radius 1 is 1.37 bits per heavy atom. The minimum Gasteiger partial charge on any atom is -0.467 e. The van der Waals surface area contributed by atoms with E-state index in [0.717, 1.165) is 25.9 Å². The average Bonchev–Trinajstić information content (AvgIpc) is 3.17. The number of rotatable bonds is 3. The minimum absolute atomic E-state index is 0.00234. The lowest BCUT2D eigenvalue weighted by Gasteiger charge is -2.31. The van der Waals surface area contributed by atoms with E-state index in [0.29, 0.717) is 32.9 Å². The van der Waals surface area contributed by atoms with E-state index in [2.05, 4.69) is 11.9 Å². The molecule has 1 amide bonds. The largest absolute Gasteiger partial charge is 0.467 e. The number of H-pyrrole nitrogens is 1. The predicted molar refractivity (Wildman–Crippen MR) is 106 cm³/mol. The van der Waals surface area contributed by atoms with Crippen LogP contribution < -0.4 is 5.56 Å². The lowest BCUT2D eigenvalue weighted by molar-refractivity contribution is 0.0683. The second-order valence-corrected chi connectivity index (χ2v) is 7.55. The minimum atomic E-state index is -0.198. The Bertz CT molecular complexity index is 1100. The standard InChI is InChI=1S/C20H21N3O3S/c1-13-4-2-8-22(11-13)18(24)14-6-7-16-17(10-14)21-20(27)23(19(16)25)12-15-5-3-9-26-15/h3,5-7,9-10,13H,2,4,8,11-12H2,1H3,(H,21,27)/t13-/m0/s1. The smallest absolute Gasteiger partial charge is 0.262 e. The van der Waals surface area contributed by atoms with Crippen molar-refractivity contribution in [1.82, 2.24) is 14.5 Å². The van der Waals surface area contributed by atoms with Gasteiger partial charge in [0.25, 0.3) is 11.5 Å². The van der Waals surface area contributed by atoms with Gasteiger partial charge in [-0.3, -0.25) is 14.2 Å². The molecule has 140 valence electrons. The molecule has 2 aromatic heterocycles. The van der Waals surface area contributed by atoms with Gasteiger partial charge >= 0.3 is 0 Å². The summed E-state index contributed by atoms with van der Waals surface area (Å²) >= 11 is 5.36. The molecule has 1 aliphatic rings. The molecular formula is C20H21N3O3S. The SMILES string of the molecule is C[C@H]1CCCN(C(=O)c2ccc3c(=O)n(Cc4ccco4)c(=S)[nH]c3c2)C1. The number of aromatic amines is 1. The molecule has 0 saturated carbocycles. The number of hydrogen-bond acceptors (Lipinski definition) is 4. The lowest BCUT2D eigenvalue weighted by Crippen LogP contribution is -2.39. The zero-order chi connectivity index (χ0) is 19.0. The fraction of sp³-hybridized carbons (Fsp3) is 0.350. The van der Waals surface area contributed by atoms with E-state index in [1.807, 2.05) is 4.90 Å². The molecule has 0 aliphatic carbocycles. The monoisotopic (exact) mass is 383 g/mol. The number of likely N-dealkylation sites (tertiary alicyclic amines) is 1. The van der Waals surface area contributed by atoms with Gasteiger partial charge in [-0.1, -0.05) is 6.92 Å². The van der Waals surface area contributed by atoms with Gasteiger partial charge in [-0.25, -0.2) is 0 Å². The molecule has 1 N–H and O–H groups in total. The van der Waals surface area contributed by atoms with Gasteiger partial charge in [0, 0.05) is 18.7 Å². The van der Waals surface area contributed by atoms with Crippen LogP contribution in [0.25, 0.3) is 10.9 Å². The Kier molecular flexibility index (Phi) is 4.70. The van der Waals surface area contributed by atoms with Gasteiger partial charge in [0.2, 0.25) is 0 Å². The normalized spacial score (nSPS) is 17.4. The number of fused-ring (bicyclic) bond motifs is 1. The lowest BCUT2D eigenvalue weighted by atomic mass is 9.99. The molecule has 4 rings (SSSR count). The molecule has 6 nitrogen and oxygen atoms in total. The maximum absolute atomic E-state index is 12.8. The van der Waals surface area contributed by atoms with E-state index in [4.69, 9.17) is 16.6 Å². The highest BCUT2D eigenvalue weighted by Gasteiger charge is 2.22. The van der Waals surface area contributed by atoms with E-state index in [1.165, 1.54) is 4.57 Å². The van der Waals surface area contributed by atoms with Gasteiger partial charge < -0.3 is 14.3 Å². The van der Waals surface area contributed by atoms with Crippen molar-refractivity contribution in [1.29, 1.82) is 0 Å². The Morgan fingerprint density at radius 2 is 2.22 bits per heavy atom. The zero-order valence-electron chi connectivity index (χ0n) is 15.1. The predicted octanol–water partition coefficient (Wildman–Crippen LogP) is 3.57. The summed E-state index contributed by atoms with van der Waals surface area (Å²) in [6.07, 6.45) is 3.75. The number of furan rings is 1. The van der Waals surface area contributed by atoms with Gasteiger partial charge in [0.15, 0.2) is 4.77 Å². The van der Waals surface area contributed by atoms with E-state index < -0.39 is 0 Å². The highest BCUT2D eigenvalue weighted by Crippen LogP contribution is 2.19. The fourth-order valence-electron chi connectivity index (χ4n) is 3.65. The second kappa shape index (κ2) is 7.15. The van der Waals surface area contributed by atoms with Crippen molar-refractivity contribution in [2.45, 2.75) is 26.3 Å². The van der Waals surface area contributed by atoms with Crippen LogP contribution in [0.3, 0.4) is 0 Å². The maximum Gasteiger partial charge on any atom is 0.262 e. The van der Waals surface area contributed by atoms with Crippen molar-refractivity contribution in [3.63, 3.8) is 0 Å². The number of piperidine rings is 1. The number of amides is 1. The topological polar surface area (TPSA) is 71.2 Å². The molecule has 27 heavy (non-hydrogen) atoms. The Hall–Kier alpha value is -2.67. The first-order chi connectivity index (χ1) is 13.0. The second-order valence-electron chi connectivity index (χ2n) is 7.16. The number of benzene rings is 1. The Balaban J connectivity index is 1.70. The van der Waals surface area contributed by atoms with Crippen LogP contribution in [0.15, 0.2) is 45.8 Å². The van der Waals surface area contributed by atoms with Gasteiger partial charge in [-0.05, 0) is 61.3 Å². The summed E-state index contributed by atoms with van der Waals surface area (Å²) in [7, 11) is 0. The van der Waals surface area contributed by atoms with Gasteiger partial charge in [-0.2, -0.15) is 0 Å². The van der Waals surface area contributed by atoms with Crippen LogP contribution in [0.5, 0.6) is 0 Å².